The molecule has 4 aromatic carbocycles. The third-order valence-corrected chi connectivity index (χ3v) is 6.42. The van der Waals surface area contributed by atoms with Crippen LogP contribution in [0.25, 0.3) is 22.2 Å². The Kier molecular flexibility index (Phi) is 8.39. The zero-order chi connectivity index (χ0) is 29.5. The Balaban J connectivity index is 1.32. The van der Waals surface area contributed by atoms with Crippen LogP contribution in [0.15, 0.2) is 102 Å². The van der Waals surface area contributed by atoms with Crippen LogP contribution in [0.1, 0.15) is 26.3 Å². The van der Waals surface area contributed by atoms with Gasteiger partial charge in [0.05, 0.1) is 49.9 Å². The maximum absolute atomic E-state index is 13.2. The Labute approximate surface area is 242 Å². The maximum Gasteiger partial charge on any atom is 0.343 e. The molecule has 0 atom stereocenters. The summed E-state index contributed by atoms with van der Waals surface area (Å²) in [6.45, 7) is 0. The number of para-hydroxylation sites is 1. The number of fused-ring (bicyclic) bond motifs is 1. The number of ether oxygens (including phenoxy) is 4. The number of nitrogens with zero attached hydrogens (tertiary/aromatic N) is 2. The molecule has 0 aliphatic carbocycles. The molecule has 0 radical (unpaired) electrons. The quantitative estimate of drug-likeness (QED) is 0.103. The van der Waals surface area contributed by atoms with Crippen molar-refractivity contribution in [2.45, 2.75) is 0 Å². The normalized spacial score (nSPS) is 10.8. The van der Waals surface area contributed by atoms with Crippen molar-refractivity contribution in [3.8, 4) is 34.3 Å². The van der Waals surface area contributed by atoms with Crippen LogP contribution in [0, 0.1) is 0 Å². The number of aromatic nitrogens is 1. The van der Waals surface area contributed by atoms with Gasteiger partial charge in [-0.25, -0.2) is 15.2 Å². The Hall–Kier alpha value is -5.70. The highest BCUT2D eigenvalue weighted by Crippen LogP contribution is 2.31. The predicted molar refractivity (Wildman–Crippen MR) is 160 cm³/mol. The van der Waals surface area contributed by atoms with E-state index < -0.39 is 5.97 Å². The molecule has 5 rings (SSSR count). The van der Waals surface area contributed by atoms with Gasteiger partial charge in [-0.15, -0.1) is 0 Å². The molecule has 1 aromatic heterocycles. The standard InChI is InChI=1S/C33H27N3O6/c1-39-28-16-14-23(18-31(28)41-3)33(38)42-29-15-13-21(17-30(29)40-2)20-34-36-32(37)25-19-27(22-9-5-4-6-10-22)35-26-12-8-7-11-24(25)26/h4-20H,1-3H3,(H,36,37)/b34-20+. The number of hydrogen-bond donors (Lipinski definition) is 1. The summed E-state index contributed by atoms with van der Waals surface area (Å²) in [6.07, 6.45) is 1.47. The summed E-state index contributed by atoms with van der Waals surface area (Å²) >= 11 is 0. The lowest BCUT2D eigenvalue weighted by Gasteiger charge is -2.12. The van der Waals surface area contributed by atoms with Crippen LogP contribution in [0.2, 0.25) is 0 Å². The number of carbonyl (C=O) groups excluding carboxylic acids is 2. The number of rotatable bonds is 9. The molecule has 1 N–H and O–H groups in total. The lowest BCUT2D eigenvalue weighted by molar-refractivity contribution is 0.0729. The molecule has 0 unspecified atom stereocenters. The van der Waals surface area contributed by atoms with E-state index in [1.807, 2.05) is 54.6 Å². The highest BCUT2D eigenvalue weighted by atomic mass is 16.6. The van der Waals surface area contributed by atoms with Crippen molar-refractivity contribution in [3.63, 3.8) is 0 Å². The fraction of sp³-hybridized carbons (Fsp3) is 0.0909. The lowest BCUT2D eigenvalue weighted by Crippen LogP contribution is -2.18. The molecule has 210 valence electrons. The Bertz CT molecular complexity index is 1790. The second-order valence-electron chi connectivity index (χ2n) is 9.01. The number of carbonyl (C=O) groups is 2. The van der Waals surface area contributed by atoms with Gasteiger partial charge >= 0.3 is 5.97 Å². The van der Waals surface area contributed by atoms with Crippen molar-refractivity contribution >= 4 is 29.0 Å². The summed E-state index contributed by atoms with van der Waals surface area (Å²) in [4.78, 5) is 30.7. The zero-order valence-electron chi connectivity index (χ0n) is 23.2. The molecule has 42 heavy (non-hydrogen) atoms. The van der Waals surface area contributed by atoms with Crippen LogP contribution in [0.5, 0.6) is 23.0 Å². The van der Waals surface area contributed by atoms with E-state index in [2.05, 4.69) is 10.5 Å². The van der Waals surface area contributed by atoms with Crippen LogP contribution in [-0.2, 0) is 0 Å². The molecule has 1 heterocycles. The minimum atomic E-state index is -0.595. The number of amides is 1. The van der Waals surface area contributed by atoms with Crippen molar-refractivity contribution in [3.05, 3.63) is 114 Å². The van der Waals surface area contributed by atoms with Crippen molar-refractivity contribution in [1.29, 1.82) is 0 Å². The van der Waals surface area contributed by atoms with E-state index in [1.165, 1.54) is 33.6 Å². The van der Waals surface area contributed by atoms with E-state index in [0.717, 1.165) is 5.56 Å². The SMILES string of the molecule is COc1ccc(C(=O)Oc2ccc(/C=N/NC(=O)c3cc(-c4ccccc4)nc4ccccc34)cc2OC)cc1OC. The van der Waals surface area contributed by atoms with Crippen molar-refractivity contribution in [2.24, 2.45) is 5.10 Å². The molecule has 0 aliphatic heterocycles. The number of nitrogens with one attached hydrogen (secondary N) is 1. The Morgan fingerprint density at radius 3 is 2.19 bits per heavy atom. The second-order valence-corrected chi connectivity index (χ2v) is 9.01. The number of hydrogen-bond acceptors (Lipinski definition) is 8. The van der Waals surface area contributed by atoms with E-state index in [4.69, 9.17) is 23.9 Å². The zero-order valence-corrected chi connectivity index (χ0v) is 23.2. The molecule has 0 saturated carbocycles. The van der Waals surface area contributed by atoms with E-state index in [9.17, 15) is 9.59 Å². The summed E-state index contributed by atoms with van der Waals surface area (Å²) < 4.78 is 21.5. The number of pyridine rings is 1. The number of methoxy groups -OCH3 is 3. The molecule has 9 heteroatoms. The van der Waals surface area contributed by atoms with E-state index in [-0.39, 0.29) is 17.2 Å². The third-order valence-electron chi connectivity index (χ3n) is 6.42. The van der Waals surface area contributed by atoms with E-state index >= 15 is 0 Å². The Morgan fingerprint density at radius 2 is 1.43 bits per heavy atom. The third kappa shape index (κ3) is 6.05. The highest BCUT2D eigenvalue weighted by molar-refractivity contribution is 6.07. The first-order valence-electron chi connectivity index (χ1n) is 12.9. The van der Waals surface area contributed by atoms with Gasteiger partial charge in [-0.05, 0) is 54.1 Å². The molecular formula is C33H27N3O6. The van der Waals surface area contributed by atoms with Crippen molar-refractivity contribution < 1.29 is 28.5 Å². The van der Waals surface area contributed by atoms with Crippen molar-refractivity contribution in [2.75, 3.05) is 21.3 Å². The molecular weight excluding hydrogens is 534 g/mol. The molecule has 9 nitrogen and oxygen atoms in total. The average molecular weight is 562 g/mol. The molecule has 1 amide bonds. The van der Waals surface area contributed by atoms with Gasteiger partial charge in [-0.3, -0.25) is 4.79 Å². The first kappa shape index (κ1) is 27.9. The van der Waals surface area contributed by atoms with Crippen LogP contribution >= 0.6 is 0 Å². The smallest absolute Gasteiger partial charge is 0.343 e. The van der Waals surface area contributed by atoms with Crippen LogP contribution in [-0.4, -0.2) is 44.4 Å². The van der Waals surface area contributed by atoms with Crippen LogP contribution in [0.4, 0.5) is 0 Å². The van der Waals surface area contributed by atoms with E-state index in [0.29, 0.717) is 45.0 Å². The first-order valence-corrected chi connectivity index (χ1v) is 12.9. The molecule has 0 aliphatic rings. The summed E-state index contributed by atoms with van der Waals surface area (Å²) in [7, 11) is 4.46. The fourth-order valence-corrected chi connectivity index (χ4v) is 4.32. The number of esters is 1. The van der Waals surface area contributed by atoms with Crippen molar-refractivity contribution in [1.82, 2.24) is 10.4 Å². The van der Waals surface area contributed by atoms with Gasteiger partial charge in [-0.2, -0.15) is 5.10 Å². The summed E-state index contributed by atoms with van der Waals surface area (Å²) in [5, 5.41) is 4.86. The summed E-state index contributed by atoms with van der Waals surface area (Å²) in [5.41, 5.74) is 6.24. The molecule has 0 bridgehead atoms. The van der Waals surface area contributed by atoms with E-state index in [1.54, 1.807) is 36.4 Å². The largest absolute Gasteiger partial charge is 0.493 e. The highest BCUT2D eigenvalue weighted by Gasteiger charge is 2.16. The molecule has 0 spiro atoms. The van der Waals surface area contributed by atoms with Gasteiger partial charge in [0.25, 0.3) is 5.91 Å². The number of hydrazone groups is 1. The monoisotopic (exact) mass is 561 g/mol. The fourth-order valence-electron chi connectivity index (χ4n) is 4.32. The van der Waals surface area contributed by atoms with Gasteiger partial charge in [0.15, 0.2) is 23.0 Å². The molecule has 0 saturated heterocycles. The van der Waals surface area contributed by atoms with Gasteiger partial charge < -0.3 is 18.9 Å². The molecule has 0 fully saturated rings. The summed E-state index contributed by atoms with van der Waals surface area (Å²) in [6, 6.07) is 28.5. The predicted octanol–water partition coefficient (Wildman–Crippen LogP) is 5.91. The second kappa shape index (κ2) is 12.6. The summed E-state index contributed by atoms with van der Waals surface area (Å²) in [5.74, 6) is 0.457. The minimum absolute atomic E-state index is 0.218. The van der Waals surface area contributed by atoms with Gasteiger partial charge in [-0.1, -0.05) is 48.5 Å². The lowest BCUT2D eigenvalue weighted by atomic mass is 10.0. The average Bonchev–Trinajstić information content (AvgIpc) is 3.04. The molecule has 5 aromatic rings. The van der Waals surface area contributed by atoms with Crippen LogP contribution in [0.3, 0.4) is 0 Å². The minimum Gasteiger partial charge on any atom is -0.493 e. The van der Waals surface area contributed by atoms with Crippen LogP contribution < -0.4 is 24.4 Å². The van der Waals surface area contributed by atoms with Gasteiger partial charge in [0, 0.05) is 10.9 Å². The Morgan fingerprint density at radius 1 is 0.738 bits per heavy atom. The first-order chi connectivity index (χ1) is 20.5. The van der Waals surface area contributed by atoms with Gasteiger partial charge in [0.1, 0.15) is 0 Å². The van der Waals surface area contributed by atoms with Gasteiger partial charge in [0.2, 0.25) is 0 Å². The topological polar surface area (TPSA) is 108 Å². The number of benzene rings is 4. The maximum atomic E-state index is 13.2.